The van der Waals surface area contributed by atoms with Crippen LogP contribution in [0.2, 0.25) is 5.02 Å². The minimum absolute atomic E-state index is 0.114. The Morgan fingerprint density at radius 2 is 2.27 bits per heavy atom. The number of nitrogens with two attached hydrogens (primary N) is 1. The molecule has 1 aromatic heterocycles. The highest BCUT2D eigenvalue weighted by Crippen LogP contribution is 2.34. The highest BCUT2D eigenvalue weighted by molar-refractivity contribution is 7.99. The van der Waals surface area contributed by atoms with Crippen LogP contribution in [-0.4, -0.2) is 11.0 Å². The highest BCUT2D eigenvalue weighted by Gasteiger charge is 2.18. The largest absolute Gasteiger partial charge is 0.323 e. The lowest BCUT2D eigenvalue weighted by atomic mass is 10.3. The predicted octanol–water partition coefficient (Wildman–Crippen LogP) is 4.08. The first-order chi connectivity index (χ1) is 7.27. The van der Waals surface area contributed by atoms with Crippen molar-refractivity contribution in [3.05, 3.63) is 21.3 Å². The van der Waals surface area contributed by atoms with E-state index in [9.17, 15) is 0 Å². The molecule has 1 heterocycles. The molecule has 1 aromatic rings. The molecule has 2 N–H and O–H groups in total. The van der Waals surface area contributed by atoms with Gasteiger partial charge in [0.1, 0.15) is 0 Å². The highest BCUT2D eigenvalue weighted by atomic mass is 35.5. The standard InChI is InChI=1S/C11H16ClNS2/c12-9-5-6-14-11(9)10(13)7-15-8-3-1-2-4-8/h5-6,8,10H,1-4,7,13H2. The molecule has 1 atom stereocenters. The average Bonchev–Trinajstić information content (AvgIpc) is 2.84. The molecule has 0 radical (unpaired) electrons. The van der Waals surface area contributed by atoms with Crippen LogP contribution >= 0.6 is 34.7 Å². The Kier molecular flexibility index (Phi) is 4.38. The molecule has 0 aromatic carbocycles. The van der Waals surface area contributed by atoms with Crippen molar-refractivity contribution in [3.8, 4) is 0 Å². The quantitative estimate of drug-likeness (QED) is 0.884. The van der Waals surface area contributed by atoms with Crippen LogP contribution in [0.5, 0.6) is 0 Å². The van der Waals surface area contributed by atoms with Crippen LogP contribution in [-0.2, 0) is 0 Å². The Morgan fingerprint density at radius 1 is 1.53 bits per heavy atom. The van der Waals surface area contributed by atoms with Gasteiger partial charge >= 0.3 is 0 Å². The summed E-state index contributed by atoms with van der Waals surface area (Å²) in [5.41, 5.74) is 6.12. The third-order valence-corrected chi connectivity index (χ3v) is 5.78. The molecule has 4 heteroatoms. The van der Waals surface area contributed by atoms with Gasteiger partial charge in [0.15, 0.2) is 0 Å². The van der Waals surface area contributed by atoms with Crippen LogP contribution < -0.4 is 5.73 Å². The summed E-state index contributed by atoms with van der Waals surface area (Å²) < 4.78 is 0. The van der Waals surface area contributed by atoms with Gasteiger partial charge in [-0.15, -0.1) is 11.3 Å². The third kappa shape index (κ3) is 3.13. The number of rotatable bonds is 4. The van der Waals surface area contributed by atoms with Crippen LogP contribution in [0.1, 0.15) is 36.6 Å². The lowest BCUT2D eigenvalue weighted by Crippen LogP contribution is -2.13. The molecule has 1 saturated carbocycles. The Bertz CT molecular complexity index is 307. The molecular weight excluding hydrogens is 246 g/mol. The maximum atomic E-state index is 6.12. The van der Waals surface area contributed by atoms with Crippen molar-refractivity contribution in [2.45, 2.75) is 37.0 Å². The zero-order valence-electron chi connectivity index (χ0n) is 8.62. The number of thioether (sulfide) groups is 1. The maximum absolute atomic E-state index is 6.12. The molecule has 0 spiro atoms. The van der Waals surface area contributed by atoms with Crippen LogP contribution in [0.4, 0.5) is 0 Å². The number of hydrogen-bond donors (Lipinski definition) is 1. The third-order valence-electron chi connectivity index (χ3n) is 2.80. The molecule has 0 bridgehead atoms. The molecule has 84 valence electrons. The predicted molar refractivity (Wildman–Crippen MR) is 71.0 cm³/mol. The van der Waals surface area contributed by atoms with E-state index < -0.39 is 0 Å². The van der Waals surface area contributed by atoms with E-state index in [1.807, 2.05) is 23.2 Å². The van der Waals surface area contributed by atoms with Crippen molar-refractivity contribution < 1.29 is 0 Å². The fraction of sp³-hybridized carbons (Fsp3) is 0.636. The van der Waals surface area contributed by atoms with Gasteiger partial charge in [0.25, 0.3) is 0 Å². The summed E-state index contributed by atoms with van der Waals surface area (Å²) in [5.74, 6) is 1.00. The lowest BCUT2D eigenvalue weighted by Gasteiger charge is -2.13. The molecule has 2 rings (SSSR count). The van der Waals surface area contributed by atoms with E-state index in [0.29, 0.717) is 0 Å². The summed E-state index contributed by atoms with van der Waals surface area (Å²) in [6.45, 7) is 0. The van der Waals surface area contributed by atoms with Gasteiger partial charge in [-0.05, 0) is 24.3 Å². The molecule has 1 nitrogen and oxygen atoms in total. The molecule has 1 fully saturated rings. The second kappa shape index (κ2) is 5.58. The fourth-order valence-electron chi connectivity index (χ4n) is 1.94. The molecule has 0 aliphatic heterocycles. The normalized spacial score (nSPS) is 19.6. The van der Waals surface area contributed by atoms with E-state index in [1.54, 1.807) is 11.3 Å². The molecule has 0 amide bonds. The first-order valence-corrected chi connectivity index (χ1v) is 7.68. The first-order valence-electron chi connectivity index (χ1n) is 5.37. The zero-order chi connectivity index (χ0) is 10.7. The summed E-state index contributed by atoms with van der Waals surface area (Å²) in [5, 5.41) is 3.69. The topological polar surface area (TPSA) is 26.0 Å². The fourth-order valence-corrected chi connectivity index (χ4v) is 4.56. The van der Waals surface area contributed by atoms with Crippen molar-refractivity contribution in [1.82, 2.24) is 0 Å². The SMILES string of the molecule is NC(CSC1CCCC1)c1sccc1Cl. The van der Waals surface area contributed by atoms with E-state index >= 15 is 0 Å². The Hall–Kier alpha value is 0.300. The molecule has 1 aliphatic carbocycles. The summed E-state index contributed by atoms with van der Waals surface area (Å²) in [4.78, 5) is 1.14. The molecule has 0 saturated heterocycles. The van der Waals surface area contributed by atoms with Gasteiger partial charge in [-0.1, -0.05) is 24.4 Å². The summed E-state index contributed by atoms with van der Waals surface area (Å²) >= 11 is 9.74. The van der Waals surface area contributed by atoms with Crippen LogP contribution in [0.3, 0.4) is 0 Å². The monoisotopic (exact) mass is 261 g/mol. The zero-order valence-corrected chi connectivity index (χ0v) is 11.0. The second-order valence-corrected chi connectivity index (χ2v) is 6.67. The van der Waals surface area contributed by atoms with Crippen molar-refractivity contribution in [2.24, 2.45) is 5.73 Å². The van der Waals surface area contributed by atoms with E-state index in [-0.39, 0.29) is 6.04 Å². The summed E-state index contributed by atoms with van der Waals surface area (Å²) in [6.07, 6.45) is 5.53. The van der Waals surface area contributed by atoms with E-state index in [1.165, 1.54) is 25.7 Å². The van der Waals surface area contributed by atoms with Gasteiger partial charge in [0.05, 0.1) is 5.02 Å². The van der Waals surface area contributed by atoms with E-state index in [4.69, 9.17) is 17.3 Å². The Balaban J connectivity index is 1.81. The second-order valence-electron chi connectivity index (χ2n) is 3.98. The molecule has 1 unspecified atom stereocenters. The molecule has 1 aliphatic rings. The lowest BCUT2D eigenvalue weighted by molar-refractivity contribution is 0.837. The van der Waals surface area contributed by atoms with Gasteiger partial charge in [-0.2, -0.15) is 11.8 Å². The van der Waals surface area contributed by atoms with Crippen LogP contribution in [0, 0.1) is 0 Å². The van der Waals surface area contributed by atoms with E-state index in [0.717, 1.165) is 20.9 Å². The molecule has 15 heavy (non-hydrogen) atoms. The Morgan fingerprint density at radius 3 is 2.87 bits per heavy atom. The Labute approximate surface area is 104 Å². The summed E-state index contributed by atoms with van der Waals surface area (Å²) in [7, 11) is 0. The van der Waals surface area contributed by atoms with Crippen LogP contribution in [0.15, 0.2) is 11.4 Å². The van der Waals surface area contributed by atoms with Gasteiger partial charge in [0, 0.05) is 21.9 Å². The number of halogens is 1. The van der Waals surface area contributed by atoms with Gasteiger partial charge in [-0.3, -0.25) is 0 Å². The minimum atomic E-state index is 0.114. The van der Waals surface area contributed by atoms with Crippen molar-refractivity contribution in [3.63, 3.8) is 0 Å². The first kappa shape index (κ1) is 11.8. The van der Waals surface area contributed by atoms with Crippen molar-refractivity contribution in [2.75, 3.05) is 5.75 Å². The smallest absolute Gasteiger partial charge is 0.0561 e. The van der Waals surface area contributed by atoms with Crippen molar-refractivity contribution in [1.29, 1.82) is 0 Å². The minimum Gasteiger partial charge on any atom is -0.323 e. The molecular formula is C11H16ClNS2. The average molecular weight is 262 g/mol. The number of hydrogen-bond acceptors (Lipinski definition) is 3. The van der Waals surface area contributed by atoms with Gasteiger partial charge in [-0.25, -0.2) is 0 Å². The van der Waals surface area contributed by atoms with Crippen molar-refractivity contribution >= 4 is 34.7 Å². The number of thiophene rings is 1. The van der Waals surface area contributed by atoms with Gasteiger partial charge in [0.2, 0.25) is 0 Å². The van der Waals surface area contributed by atoms with E-state index in [2.05, 4.69) is 0 Å². The summed E-state index contributed by atoms with van der Waals surface area (Å²) in [6, 6.07) is 2.05. The maximum Gasteiger partial charge on any atom is 0.0561 e. The van der Waals surface area contributed by atoms with Gasteiger partial charge < -0.3 is 5.73 Å². The van der Waals surface area contributed by atoms with Crippen LogP contribution in [0.25, 0.3) is 0 Å².